The molecule has 4 rings (SSSR count). The van der Waals surface area contributed by atoms with Crippen LogP contribution >= 0.6 is 0 Å². The minimum atomic E-state index is -0.755. The Balaban J connectivity index is 1.36. The second-order valence-electron chi connectivity index (χ2n) is 9.96. The van der Waals surface area contributed by atoms with Crippen molar-refractivity contribution in [1.82, 2.24) is 9.91 Å². The Morgan fingerprint density at radius 1 is 0.975 bits per heavy atom. The van der Waals surface area contributed by atoms with Gasteiger partial charge in [-0.3, -0.25) is 19.7 Å². The number of amides is 1. The number of hydrogen-bond acceptors (Lipinski definition) is 8. The van der Waals surface area contributed by atoms with E-state index in [4.69, 9.17) is 19.2 Å². The van der Waals surface area contributed by atoms with Gasteiger partial charge in [-0.1, -0.05) is 50.6 Å². The van der Waals surface area contributed by atoms with Crippen LogP contribution in [0.2, 0.25) is 0 Å². The maximum absolute atomic E-state index is 13.5. The molecule has 2 heterocycles. The van der Waals surface area contributed by atoms with Crippen LogP contribution in [-0.2, 0) is 20.7 Å². The monoisotopic (exact) mass is 548 g/mol. The standard InChI is InChI=1S/C31H40N4O5/c1-5-11-25-28-29(34(4)33-25)30(36)35(27(32-28)12-6-2)19-20-39-23-17-15-22(16-18-23)21-26(31(37)38-7-3)40-24-13-9-8-10-14-24/h8-10,13-18,26,28-29H,5-7,11-12,19-21H2,1-4H3/t26-,28?,29?/m1/s1. The molecule has 1 amide bonds. The summed E-state index contributed by atoms with van der Waals surface area (Å²) in [5.41, 5.74) is 1.91. The molecule has 2 unspecified atom stereocenters. The van der Waals surface area contributed by atoms with Gasteiger partial charge in [-0.05, 0) is 49.6 Å². The Labute approximate surface area is 236 Å². The molecule has 40 heavy (non-hydrogen) atoms. The first-order chi connectivity index (χ1) is 19.4. The Kier molecular flexibility index (Phi) is 10.2. The summed E-state index contributed by atoms with van der Waals surface area (Å²) in [6.45, 7) is 7.02. The van der Waals surface area contributed by atoms with Gasteiger partial charge in [-0.2, -0.15) is 5.10 Å². The molecule has 0 N–H and O–H groups in total. The third-order valence-corrected chi connectivity index (χ3v) is 6.93. The van der Waals surface area contributed by atoms with Gasteiger partial charge in [0.25, 0.3) is 5.91 Å². The van der Waals surface area contributed by atoms with Gasteiger partial charge >= 0.3 is 5.97 Å². The molecular formula is C31H40N4O5. The molecule has 0 fully saturated rings. The first-order valence-electron chi connectivity index (χ1n) is 14.2. The lowest BCUT2D eigenvalue weighted by atomic mass is 9.98. The molecule has 2 aromatic rings. The number of para-hydroxylation sites is 1. The zero-order chi connectivity index (χ0) is 28.5. The van der Waals surface area contributed by atoms with E-state index in [1.165, 1.54) is 0 Å². The molecule has 0 aromatic heterocycles. The molecule has 2 aliphatic heterocycles. The molecular weight excluding hydrogens is 508 g/mol. The Bertz CT molecular complexity index is 1200. The van der Waals surface area contributed by atoms with Crippen molar-refractivity contribution in [3.63, 3.8) is 0 Å². The number of carbonyl (C=O) groups is 2. The normalized spacial score (nSPS) is 19.1. The highest BCUT2D eigenvalue weighted by Gasteiger charge is 2.46. The number of fused-ring (bicyclic) bond motifs is 1. The first kappa shape index (κ1) is 29.1. The van der Waals surface area contributed by atoms with Crippen LogP contribution in [0.1, 0.15) is 52.0 Å². The molecule has 9 heteroatoms. The fourth-order valence-corrected chi connectivity index (χ4v) is 5.05. The molecule has 0 saturated carbocycles. The summed E-state index contributed by atoms with van der Waals surface area (Å²) in [6.07, 6.45) is 3.07. The van der Waals surface area contributed by atoms with E-state index in [-0.39, 0.29) is 24.6 Å². The van der Waals surface area contributed by atoms with Gasteiger partial charge in [0.1, 0.15) is 30.0 Å². The summed E-state index contributed by atoms with van der Waals surface area (Å²) in [5.74, 6) is 1.74. The first-order valence-corrected chi connectivity index (χ1v) is 14.2. The van der Waals surface area contributed by atoms with Gasteiger partial charge in [0.15, 0.2) is 12.1 Å². The van der Waals surface area contributed by atoms with E-state index in [9.17, 15) is 9.59 Å². The van der Waals surface area contributed by atoms with Gasteiger partial charge < -0.3 is 14.2 Å². The number of hydrogen-bond donors (Lipinski definition) is 0. The number of rotatable bonds is 14. The lowest BCUT2D eigenvalue weighted by Crippen LogP contribution is -2.56. The number of likely N-dealkylation sites (N-methyl/N-ethyl adjacent to an activating group) is 1. The second kappa shape index (κ2) is 14.0. The number of benzene rings is 2. The minimum absolute atomic E-state index is 0.0307. The van der Waals surface area contributed by atoms with E-state index in [2.05, 4.69) is 18.9 Å². The molecule has 0 aliphatic carbocycles. The van der Waals surface area contributed by atoms with E-state index in [1.54, 1.807) is 16.8 Å². The molecule has 214 valence electrons. The minimum Gasteiger partial charge on any atom is -0.492 e. The summed E-state index contributed by atoms with van der Waals surface area (Å²) in [7, 11) is 1.85. The number of aliphatic imine (C=N–C) groups is 1. The Morgan fingerprint density at radius 2 is 1.70 bits per heavy atom. The summed E-state index contributed by atoms with van der Waals surface area (Å²) >= 11 is 0. The topological polar surface area (TPSA) is 93.0 Å². The summed E-state index contributed by atoms with van der Waals surface area (Å²) in [6, 6.07) is 16.2. The summed E-state index contributed by atoms with van der Waals surface area (Å²) < 4.78 is 17.2. The fraction of sp³-hybridized carbons (Fsp3) is 0.484. The van der Waals surface area contributed by atoms with Crippen LogP contribution in [0.4, 0.5) is 0 Å². The SMILES string of the molecule is CCCC1=NN(C)C2C(=O)N(CCOc3ccc(C[C@@H](Oc4ccccc4)C(=O)OCC)cc3)C(CCC)=NC12. The van der Waals surface area contributed by atoms with Crippen molar-refractivity contribution in [2.24, 2.45) is 10.1 Å². The average molecular weight is 549 g/mol. The predicted octanol–water partition coefficient (Wildman–Crippen LogP) is 4.50. The number of ether oxygens (including phenoxy) is 3. The number of nitrogens with zero attached hydrogens (tertiary/aromatic N) is 4. The van der Waals surface area contributed by atoms with Crippen molar-refractivity contribution in [2.45, 2.75) is 71.1 Å². The molecule has 0 bridgehead atoms. The third-order valence-electron chi connectivity index (χ3n) is 6.93. The van der Waals surface area contributed by atoms with Crippen molar-refractivity contribution in [3.05, 3.63) is 60.2 Å². The van der Waals surface area contributed by atoms with Crippen LogP contribution in [-0.4, -0.2) is 78.3 Å². The Hall–Kier alpha value is -3.88. The summed E-state index contributed by atoms with van der Waals surface area (Å²) in [4.78, 5) is 32.8. The van der Waals surface area contributed by atoms with E-state index >= 15 is 0 Å². The van der Waals surface area contributed by atoms with Gasteiger partial charge in [-0.25, -0.2) is 4.79 Å². The van der Waals surface area contributed by atoms with Crippen molar-refractivity contribution in [1.29, 1.82) is 0 Å². The number of amidine groups is 1. The maximum Gasteiger partial charge on any atom is 0.347 e. The smallest absolute Gasteiger partial charge is 0.347 e. The van der Waals surface area contributed by atoms with Gasteiger partial charge in [0, 0.05) is 19.9 Å². The quantitative estimate of drug-likeness (QED) is 0.323. The van der Waals surface area contributed by atoms with E-state index in [0.29, 0.717) is 31.1 Å². The molecule has 2 aliphatic rings. The van der Waals surface area contributed by atoms with Crippen molar-refractivity contribution >= 4 is 23.4 Å². The molecule has 2 aromatic carbocycles. The zero-order valence-corrected chi connectivity index (χ0v) is 23.9. The highest BCUT2D eigenvalue weighted by molar-refractivity contribution is 6.09. The Morgan fingerprint density at radius 3 is 2.38 bits per heavy atom. The third kappa shape index (κ3) is 7.00. The van der Waals surface area contributed by atoms with Crippen LogP contribution in [0.15, 0.2) is 64.7 Å². The molecule has 0 spiro atoms. The highest BCUT2D eigenvalue weighted by Crippen LogP contribution is 2.27. The molecule has 0 saturated heterocycles. The largest absolute Gasteiger partial charge is 0.492 e. The summed E-state index contributed by atoms with van der Waals surface area (Å²) in [5, 5.41) is 6.40. The molecule has 0 radical (unpaired) electrons. The predicted molar refractivity (Wildman–Crippen MR) is 155 cm³/mol. The molecule has 3 atom stereocenters. The number of carbonyl (C=O) groups excluding carboxylic acids is 2. The van der Waals surface area contributed by atoms with E-state index in [1.807, 2.05) is 61.6 Å². The van der Waals surface area contributed by atoms with Crippen LogP contribution < -0.4 is 9.47 Å². The lowest BCUT2D eigenvalue weighted by Gasteiger charge is -2.35. The van der Waals surface area contributed by atoms with Gasteiger partial charge in [-0.15, -0.1) is 0 Å². The van der Waals surface area contributed by atoms with Crippen LogP contribution in [0.3, 0.4) is 0 Å². The van der Waals surface area contributed by atoms with Crippen molar-refractivity contribution in [3.8, 4) is 11.5 Å². The zero-order valence-electron chi connectivity index (χ0n) is 23.9. The van der Waals surface area contributed by atoms with E-state index < -0.39 is 12.1 Å². The fourth-order valence-electron chi connectivity index (χ4n) is 5.05. The van der Waals surface area contributed by atoms with Crippen LogP contribution in [0.25, 0.3) is 0 Å². The van der Waals surface area contributed by atoms with Gasteiger partial charge in [0.05, 0.1) is 18.9 Å². The van der Waals surface area contributed by atoms with Crippen LogP contribution in [0.5, 0.6) is 11.5 Å². The van der Waals surface area contributed by atoms with Crippen LogP contribution in [0, 0.1) is 0 Å². The lowest BCUT2D eigenvalue weighted by molar-refractivity contribution is -0.151. The van der Waals surface area contributed by atoms with E-state index in [0.717, 1.165) is 42.8 Å². The van der Waals surface area contributed by atoms with Crippen molar-refractivity contribution < 1.29 is 23.8 Å². The van der Waals surface area contributed by atoms with Gasteiger partial charge in [0.2, 0.25) is 0 Å². The molecule has 9 nitrogen and oxygen atoms in total. The average Bonchev–Trinajstić information content (AvgIpc) is 3.26. The second-order valence-corrected chi connectivity index (χ2v) is 9.96. The van der Waals surface area contributed by atoms with Crippen molar-refractivity contribution in [2.75, 3.05) is 26.8 Å². The highest BCUT2D eigenvalue weighted by atomic mass is 16.6. The maximum atomic E-state index is 13.5. The number of hydrazone groups is 1. The number of esters is 1.